The van der Waals surface area contributed by atoms with Gasteiger partial charge in [-0.2, -0.15) is 0 Å². The van der Waals surface area contributed by atoms with Crippen LogP contribution in [0.25, 0.3) is 0 Å². The number of para-hydroxylation sites is 1. The number of nitro groups is 1. The van der Waals surface area contributed by atoms with Crippen LogP contribution in [0.2, 0.25) is 0 Å². The molecule has 2 aromatic rings. The van der Waals surface area contributed by atoms with Crippen molar-refractivity contribution in [2.24, 2.45) is 0 Å². The van der Waals surface area contributed by atoms with Crippen molar-refractivity contribution in [1.29, 1.82) is 0 Å². The molecule has 0 aliphatic heterocycles. The standard InChI is InChI=1S/C15H16N2O4S/c1-10-7-11(2)9-12(8-10)16-13-5-4-6-14(22(3,20)21)15(13)17(18)19/h4-9,16H,1-3H3. The molecule has 2 rings (SSSR count). The van der Waals surface area contributed by atoms with Crippen LogP contribution in [0.15, 0.2) is 41.3 Å². The fourth-order valence-corrected chi connectivity index (χ4v) is 3.17. The summed E-state index contributed by atoms with van der Waals surface area (Å²) in [7, 11) is -3.69. The van der Waals surface area contributed by atoms with E-state index in [0.29, 0.717) is 5.69 Å². The number of rotatable bonds is 4. The average Bonchev–Trinajstić information content (AvgIpc) is 2.35. The van der Waals surface area contributed by atoms with Gasteiger partial charge in [0, 0.05) is 11.9 Å². The Morgan fingerprint density at radius 3 is 2.18 bits per heavy atom. The number of hydrogen-bond acceptors (Lipinski definition) is 5. The minimum atomic E-state index is -3.69. The minimum Gasteiger partial charge on any atom is -0.350 e. The molecule has 22 heavy (non-hydrogen) atoms. The van der Waals surface area contributed by atoms with Crippen LogP contribution in [0.4, 0.5) is 17.1 Å². The molecular formula is C15H16N2O4S. The maximum Gasteiger partial charge on any atom is 0.311 e. The Morgan fingerprint density at radius 1 is 1.09 bits per heavy atom. The van der Waals surface area contributed by atoms with E-state index in [0.717, 1.165) is 17.4 Å². The first-order valence-electron chi connectivity index (χ1n) is 6.51. The fourth-order valence-electron chi connectivity index (χ4n) is 2.31. The average molecular weight is 320 g/mol. The molecule has 0 heterocycles. The predicted octanol–water partition coefficient (Wildman–Crippen LogP) is 3.36. The number of aryl methyl sites for hydroxylation is 2. The lowest BCUT2D eigenvalue weighted by molar-refractivity contribution is -0.386. The number of anilines is 2. The van der Waals surface area contributed by atoms with E-state index >= 15 is 0 Å². The molecule has 116 valence electrons. The molecule has 0 aliphatic carbocycles. The molecular weight excluding hydrogens is 304 g/mol. The molecule has 0 aliphatic rings. The van der Waals surface area contributed by atoms with E-state index in [1.54, 1.807) is 0 Å². The van der Waals surface area contributed by atoms with Crippen molar-refractivity contribution >= 4 is 26.9 Å². The predicted molar refractivity (Wildman–Crippen MR) is 85.4 cm³/mol. The van der Waals surface area contributed by atoms with Crippen molar-refractivity contribution in [3.63, 3.8) is 0 Å². The molecule has 0 bridgehead atoms. The fraction of sp³-hybridized carbons (Fsp3) is 0.200. The summed E-state index contributed by atoms with van der Waals surface area (Å²) in [6.45, 7) is 3.83. The monoisotopic (exact) mass is 320 g/mol. The molecule has 6 nitrogen and oxygen atoms in total. The highest BCUT2D eigenvalue weighted by atomic mass is 32.2. The molecule has 0 amide bonds. The van der Waals surface area contributed by atoms with Gasteiger partial charge >= 0.3 is 5.69 Å². The molecule has 7 heteroatoms. The van der Waals surface area contributed by atoms with Crippen LogP contribution < -0.4 is 5.32 Å². The number of nitrogens with one attached hydrogen (secondary N) is 1. The molecule has 0 saturated carbocycles. The Bertz CT molecular complexity index is 824. The third-order valence-corrected chi connectivity index (χ3v) is 4.21. The number of nitro benzene ring substituents is 1. The van der Waals surface area contributed by atoms with Gasteiger partial charge in [-0.15, -0.1) is 0 Å². The zero-order valence-corrected chi connectivity index (χ0v) is 13.3. The number of hydrogen-bond donors (Lipinski definition) is 1. The van der Waals surface area contributed by atoms with Gasteiger partial charge in [0.15, 0.2) is 9.84 Å². The highest BCUT2D eigenvalue weighted by molar-refractivity contribution is 7.90. The largest absolute Gasteiger partial charge is 0.350 e. The van der Waals surface area contributed by atoms with Crippen LogP contribution in [0.1, 0.15) is 11.1 Å². The summed E-state index contributed by atoms with van der Waals surface area (Å²) in [4.78, 5) is 10.3. The van der Waals surface area contributed by atoms with Crippen LogP contribution in [0.3, 0.4) is 0 Å². The SMILES string of the molecule is Cc1cc(C)cc(Nc2cccc(S(C)(=O)=O)c2[N+](=O)[O-])c1. The van der Waals surface area contributed by atoms with Crippen LogP contribution in [0, 0.1) is 24.0 Å². The topological polar surface area (TPSA) is 89.3 Å². The normalized spacial score (nSPS) is 11.2. The summed E-state index contributed by atoms with van der Waals surface area (Å²) >= 11 is 0. The van der Waals surface area contributed by atoms with Gasteiger partial charge < -0.3 is 5.32 Å². The van der Waals surface area contributed by atoms with Gasteiger partial charge in [0.2, 0.25) is 0 Å². The Balaban J connectivity index is 2.58. The first-order chi connectivity index (χ1) is 10.2. The van der Waals surface area contributed by atoms with E-state index < -0.39 is 20.4 Å². The summed E-state index contributed by atoms with van der Waals surface area (Å²) in [5.74, 6) is 0. The number of benzene rings is 2. The maximum atomic E-state index is 11.7. The molecule has 0 unspecified atom stereocenters. The highest BCUT2D eigenvalue weighted by Crippen LogP contribution is 2.34. The van der Waals surface area contributed by atoms with E-state index in [1.165, 1.54) is 18.2 Å². The molecule has 1 N–H and O–H groups in total. The first kappa shape index (κ1) is 16.0. The van der Waals surface area contributed by atoms with Crippen molar-refractivity contribution in [2.45, 2.75) is 18.7 Å². The lowest BCUT2D eigenvalue weighted by atomic mass is 10.1. The van der Waals surface area contributed by atoms with Gasteiger partial charge in [0.1, 0.15) is 10.6 Å². The highest BCUT2D eigenvalue weighted by Gasteiger charge is 2.26. The first-order valence-corrected chi connectivity index (χ1v) is 8.40. The minimum absolute atomic E-state index is 0.151. The number of sulfone groups is 1. The van der Waals surface area contributed by atoms with Gasteiger partial charge in [-0.05, 0) is 49.2 Å². The second-order valence-corrected chi connectivity index (χ2v) is 7.17. The van der Waals surface area contributed by atoms with Crippen molar-refractivity contribution in [3.8, 4) is 0 Å². The van der Waals surface area contributed by atoms with Crippen molar-refractivity contribution in [2.75, 3.05) is 11.6 Å². The van der Waals surface area contributed by atoms with E-state index in [1.807, 2.05) is 32.0 Å². The molecule has 0 atom stereocenters. The molecule has 0 spiro atoms. The van der Waals surface area contributed by atoms with E-state index in [4.69, 9.17) is 0 Å². The summed E-state index contributed by atoms with van der Waals surface area (Å²) < 4.78 is 23.5. The lowest BCUT2D eigenvalue weighted by Crippen LogP contribution is -2.05. The number of nitrogens with zero attached hydrogens (tertiary/aromatic N) is 1. The van der Waals surface area contributed by atoms with Crippen LogP contribution in [-0.2, 0) is 9.84 Å². The second-order valence-electron chi connectivity index (χ2n) is 5.18. The van der Waals surface area contributed by atoms with Crippen molar-refractivity contribution < 1.29 is 13.3 Å². The molecule has 0 aromatic heterocycles. The van der Waals surface area contributed by atoms with Crippen LogP contribution >= 0.6 is 0 Å². The third kappa shape index (κ3) is 3.43. The van der Waals surface area contributed by atoms with E-state index in [2.05, 4.69) is 5.32 Å². The summed E-state index contributed by atoms with van der Waals surface area (Å²) in [6, 6.07) is 9.86. The zero-order chi connectivity index (χ0) is 16.5. The Hall–Kier alpha value is -2.41. The summed E-state index contributed by atoms with van der Waals surface area (Å²) in [5.41, 5.74) is 2.39. The quantitative estimate of drug-likeness (QED) is 0.689. The zero-order valence-electron chi connectivity index (χ0n) is 12.5. The van der Waals surface area contributed by atoms with Gasteiger partial charge in [-0.25, -0.2) is 8.42 Å². The van der Waals surface area contributed by atoms with Crippen LogP contribution in [0.5, 0.6) is 0 Å². The third-order valence-electron chi connectivity index (χ3n) is 3.08. The Kier molecular flexibility index (Phi) is 4.18. The Labute approximate surface area is 128 Å². The summed E-state index contributed by atoms with van der Waals surface area (Å²) in [6.07, 6.45) is 0.954. The van der Waals surface area contributed by atoms with Crippen LogP contribution in [-0.4, -0.2) is 19.6 Å². The van der Waals surface area contributed by atoms with E-state index in [-0.39, 0.29) is 10.6 Å². The van der Waals surface area contributed by atoms with Gasteiger partial charge in [0.25, 0.3) is 0 Å². The van der Waals surface area contributed by atoms with Crippen molar-refractivity contribution in [1.82, 2.24) is 0 Å². The second kappa shape index (κ2) is 5.76. The smallest absolute Gasteiger partial charge is 0.311 e. The molecule has 0 radical (unpaired) electrons. The van der Waals surface area contributed by atoms with E-state index in [9.17, 15) is 18.5 Å². The van der Waals surface area contributed by atoms with Gasteiger partial charge in [0.05, 0.1) is 4.92 Å². The summed E-state index contributed by atoms with van der Waals surface area (Å²) in [5, 5.41) is 14.3. The molecule has 2 aromatic carbocycles. The van der Waals surface area contributed by atoms with Gasteiger partial charge in [-0.3, -0.25) is 10.1 Å². The lowest BCUT2D eigenvalue weighted by Gasteiger charge is -2.11. The van der Waals surface area contributed by atoms with Gasteiger partial charge in [-0.1, -0.05) is 12.1 Å². The molecule has 0 fully saturated rings. The Morgan fingerprint density at radius 2 is 1.68 bits per heavy atom. The van der Waals surface area contributed by atoms with Crippen molar-refractivity contribution in [3.05, 3.63) is 57.6 Å². The molecule has 0 saturated heterocycles. The maximum absolute atomic E-state index is 11.7.